The molecule has 0 bridgehead atoms. The molecule has 1 heterocycles. The van der Waals surface area contributed by atoms with Crippen LogP contribution in [-0.4, -0.2) is 26.0 Å². The van der Waals surface area contributed by atoms with E-state index in [1.54, 1.807) is 14.2 Å². The molecule has 7 heteroatoms. The molecule has 5 rings (SSSR count). The molecule has 0 aliphatic rings. The topological polar surface area (TPSA) is 76.7 Å². The first-order valence-corrected chi connectivity index (χ1v) is 12.9. The molecule has 0 atom stereocenters. The summed E-state index contributed by atoms with van der Waals surface area (Å²) in [7, 11) is 3.16. The first-order valence-electron chi connectivity index (χ1n) is 12.0. The lowest BCUT2D eigenvalue weighted by Crippen LogP contribution is -2.22. The second kappa shape index (κ2) is 11.2. The Morgan fingerprint density at radius 1 is 0.789 bits per heavy atom. The maximum Gasteiger partial charge on any atom is 0.265 e. The van der Waals surface area contributed by atoms with Crippen molar-refractivity contribution in [3.63, 3.8) is 0 Å². The van der Waals surface area contributed by atoms with Crippen molar-refractivity contribution >= 4 is 39.6 Å². The molecule has 190 valence electrons. The maximum absolute atomic E-state index is 13.0. The Balaban J connectivity index is 1.29. The van der Waals surface area contributed by atoms with Gasteiger partial charge in [0.25, 0.3) is 11.8 Å². The van der Waals surface area contributed by atoms with Crippen molar-refractivity contribution in [1.82, 2.24) is 5.32 Å². The third-order valence-electron chi connectivity index (χ3n) is 6.25. The summed E-state index contributed by atoms with van der Waals surface area (Å²) in [6.07, 6.45) is 0. The molecule has 0 saturated carbocycles. The molecule has 0 aliphatic heterocycles. The van der Waals surface area contributed by atoms with Crippen molar-refractivity contribution in [1.29, 1.82) is 0 Å². The predicted octanol–water partition coefficient (Wildman–Crippen LogP) is 6.77. The molecule has 4 aromatic carbocycles. The Labute approximate surface area is 224 Å². The minimum atomic E-state index is -0.219. The van der Waals surface area contributed by atoms with Gasteiger partial charge in [-0.3, -0.25) is 9.59 Å². The molecular formula is C31H26N2O4S. The van der Waals surface area contributed by atoms with E-state index in [0.717, 1.165) is 33.2 Å². The molecule has 6 nitrogen and oxygen atoms in total. The molecule has 0 fully saturated rings. The van der Waals surface area contributed by atoms with Gasteiger partial charge in [-0.2, -0.15) is 0 Å². The maximum atomic E-state index is 13.0. The second-order valence-corrected chi connectivity index (χ2v) is 9.48. The van der Waals surface area contributed by atoms with E-state index in [-0.39, 0.29) is 11.8 Å². The van der Waals surface area contributed by atoms with Crippen LogP contribution < -0.4 is 20.1 Å². The van der Waals surface area contributed by atoms with Crippen molar-refractivity contribution in [3.8, 4) is 22.6 Å². The third kappa shape index (κ3) is 5.23. The fourth-order valence-corrected chi connectivity index (χ4v) is 5.24. The number of carbonyl (C=O) groups is 2. The van der Waals surface area contributed by atoms with E-state index < -0.39 is 0 Å². The number of nitrogens with one attached hydrogen (secondary N) is 2. The molecule has 0 radical (unpaired) electrons. The highest BCUT2D eigenvalue weighted by Crippen LogP contribution is 2.38. The number of amides is 2. The summed E-state index contributed by atoms with van der Waals surface area (Å²) in [6, 6.07) is 28.6. The summed E-state index contributed by atoms with van der Waals surface area (Å²) in [5.74, 6) is 0.841. The van der Waals surface area contributed by atoms with Crippen LogP contribution in [0.15, 0.2) is 96.4 Å². The van der Waals surface area contributed by atoms with Crippen molar-refractivity contribution in [2.24, 2.45) is 0 Å². The molecule has 1 aromatic heterocycles. The number of methoxy groups -OCH3 is 2. The minimum absolute atomic E-state index is 0.175. The van der Waals surface area contributed by atoms with Gasteiger partial charge < -0.3 is 20.1 Å². The van der Waals surface area contributed by atoms with E-state index >= 15 is 0 Å². The van der Waals surface area contributed by atoms with Gasteiger partial charge in [0.1, 0.15) is 16.4 Å². The Hall–Kier alpha value is -4.62. The highest BCUT2D eigenvalue weighted by Gasteiger charge is 2.20. The first-order chi connectivity index (χ1) is 18.6. The quantitative estimate of drug-likeness (QED) is 0.236. The molecular weight excluding hydrogens is 496 g/mol. The summed E-state index contributed by atoms with van der Waals surface area (Å²) >= 11 is 1.32. The van der Waals surface area contributed by atoms with Crippen LogP contribution in [0, 0.1) is 0 Å². The number of thiophene rings is 1. The van der Waals surface area contributed by atoms with Crippen LogP contribution in [-0.2, 0) is 6.54 Å². The predicted molar refractivity (Wildman–Crippen MR) is 152 cm³/mol. The fourth-order valence-electron chi connectivity index (χ4n) is 4.28. The number of ether oxygens (including phenoxy) is 2. The number of hydrogen-bond donors (Lipinski definition) is 2. The van der Waals surface area contributed by atoms with Crippen molar-refractivity contribution in [3.05, 3.63) is 112 Å². The standard InChI is InChI=1S/C31H26N2O4S/c1-36-27-10-6-5-9-24(27)18-32-31(35)29-28(37-2)26(19-38-29)21-13-15-25(16-14-21)33-30(34)23-12-11-20-7-3-4-8-22(20)17-23/h3-17,19H,18H2,1-2H3,(H,32,35)(H,33,34). The van der Waals surface area contributed by atoms with Crippen molar-refractivity contribution in [2.45, 2.75) is 6.54 Å². The van der Waals surface area contributed by atoms with Gasteiger partial charge in [-0.15, -0.1) is 11.3 Å². The summed E-state index contributed by atoms with van der Waals surface area (Å²) in [6.45, 7) is 0.338. The zero-order valence-corrected chi connectivity index (χ0v) is 21.8. The van der Waals surface area contributed by atoms with Gasteiger partial charge >= 0.3 is 0 Å². The summed E-state index contributed by atoms with van der Waals surface area (Å²) in [4.78, 5) is 26.3. The summed E-state index contributed by atoms with van der Waals surface area (Å²) in [5.41, 5.74) is 3.85. The monoisotopic (exact) mass is 522 g/mol. The fraction of sp³-hybridized carbons (Fsp3) is 0.0968. The van der Waals surface area contributed by atoms with Gasteiger partial charge in [0.2, 0.25) is 0 Å². The van der Waals surface area contributed by atoms with Crippen LogP contribution in [0.4, 0.5) is 5.69 Å². The number of hydrogen-bond acceptors (Lipinski definition) is 5. The normalized spacial score (nSPS) is 10.7. The van der Waals surface area contributed by atoms with E-state index in [9.17, 15) is 9.59 Å². The van der Waals surface area contributed by atoms with Gasteiger partial charge in [0.05, 0.1) is 14.2 Å². The molecule has 5 aromatic rings. The van der Waals surface area contributed by atoms with Gasteiger partial charge in [0, 0.05) is 34.3 Å². The minimum Gasteiger partial charge on any atom is -0.496 e. The average Bonchev–Trinajstić information content (AvgIpc) is 3.40. The molecule has 0 spiro atoms. The number of carbonyl (C=O) groups excluding carboxylic acids is 2. The number of anilines is 1. The molecule has 0 saturated heterocycles. The molecule has 0 unspecified atom stereocenters. The Morgan fingerprint density at radius 2 is 1.53 bits per heavy atom. The first kappa shape index (κ1) is 25.0. The van der Waals surface area contributed by atoms with E-state index in [1.807, 2.05) is 96.4 Å². The van der Waals surface area contributed by atoms with Crippen molar-refractivity contribution in [2.75, 3.05) is 19.5 Å². The number of para-hydroxylation sites is 1. The van der Waals surface area contributed by atoms with Crippen LogP contribution in [0.5, 0.6) is 11.5 Å². The van der Waals surface area contributed by atoms with Crippen molar-refractivity contribution < 1.29 is 19.1 Å². The Kier molecular flexibility index (Phi) is 7.38. The summed E-state index contributed by atoms with van der Waals surface area (Å²) in [5, 5.41) is 9.91. The largest absolute Gasteiger partial charge is 0.496 e. The molecule has 38 heavy (non-hydrogen) atoms. The van der Waals surface area contributed by atoms with Gasteiger partial charge in [-0.25, -0.2) is 0 Å². The summed E-state index contributed by atoms with van der Waals surface area (Å²) < 4.78 is 11.0. The van der Waals surface area contributed by atoms with Gasteiger partial charge in [-0.1, -0.05) is 60.7 Å². The molecule has 0 aliphatic carbocycles. The lowest BCUT2D eigenvalue weighted by Gasteiger charge is -2.11. The Morgan fingerprint density at radius 3 is 2.29 bits per heavy atom. The van der Waals surface area contributed by atoms with E-state index in [0.29, 0.717) is 28.4 Å². The van der Waals surface area contributed by atoms with Gasteiger partial charge in [-0.05, 0) is 46.7 Å². The molecule has 2 amide bonds. The second-order valence-electron chi connectivity index (χ2n) is 8.60. The van der Waals surface area contributed by atoms with Crippen LogP contribution in [0.25, 0.3) is 21.9 Å². The van der Waals surface area contributed by atoms with Crippen LogP contribution >= 0.6 is 11.3 Å². The number of rotatable bonds is 8. The van der Waals surface area contributed by atoms with Crippen LogP contribution in [0.1, 0.15) is 25.6 Å². The zero-order valence-electron chi connectivity index (χ0n) is 21.0. The third-order valence-corrected chi connectivity index (χ3v) is 7.21. The van der Waals surface area contributed by atoms with Gasteiger partial charge in [0.15, 0.2) is 0 Å². The van der Waals surface area contributed by atoms with E-state index in [4.69, 9.17) is 9.47 Å². The number of benzene rings is 4. The highest BCUT2D eigenvalue weighted by atomic mass is 32.1. The van der Waals surface area contributed by atoms with Crippen LogP contribution in [0.3, 0.4) is 0 Å². The smallest absolute Gasteiger partial charge is 0.265 e. The highest BCUT2D eigenvalue weighted by molar-refractivity contribution is 7.13. The lowest BCUT2D eigenvalue weighted by atomic mass is 10.1. The van der Waals surface area contributed by atoms with Crippen LogP contribution in [0.2, 0.25) is 0 Å². The lowest BCUT2D eigenvalue weighted by molar-refractivity contribution is 0.0951. The zero-order chi connectivity index (χ0) is 26.5. The number of fused-ring (bicyclic) bond motifs is 1. The SMILES string of the molecule is COc1ccccc1CNC(=O)c1scc(-c2ccc(NC(=O)c3ccc4ccccc4c3)cc2)c1OC. The average molecular weight is 523 g/mol. The van der Waals surface area contributed by atoms with E-state index in [2.05, 4.69) is 10.6 Å². The molecule has 2 N–H and O–H groups in total. The Bertz CT molecular complexity index is 1610. The van der Waals surface area contributed by atoms with E-state index in [1.165, 1.54) is 11.3 Å².